The lowest BCUT2D eigenvalue weighted by molar-refractivity contribution is 0.183. The van der Waals surface area contributed by atoms with Crippen LogP contribution in [-0.2, 0) is 11.3 Å². The van der Waals surface area contributed by atoms with Gasteiger partial charge in [-0.15, -0.1) is 0 Å². The predicted molar refractivity (Wildman–Crippen MR) is 66.0 cm³/mol. The Balaban J connectivity index is 2.01. The zero-order chi connectivity index (χ0) is 12.1. The molecule has 0 amide bonds. The first-order chi connectivity index (χ1) is 8.28. The molecule has 0 aliphatic carbocycles. The maximum Gasteiger partial charge on any atom is 0.132 e. The van der Waals surface area contributed by atoms with E-state index in [0.717, 1.165) is 12.2 Å². The summed E-state index contributed by atoms with van der Waals surface area (Å²) in [7, 11) is 1.67. The second kappa shape index (κ2) is 5.31. The molecule has 2 aromatic heterocycles. The highest BCUT2D eigenvalue weighted by Gasteiger charge is 2.00. The fraction of sp³-hybridized carbons (Fsp3) is 0.273. The van der Waals surface area contributed by atoms with Crippen LogP contribution in [0.5, 0.6) is 0 Å². The standard InChI is InChI=1S/C11H15N5O/c1-17-5-4-16-8-10(7-14-16)15-11-6-9(12)2-3-13-11/h2-3,6-8H,4-5H2,1H3,(H3,12,13,15). The number of pyridine rings is 1. The van der Waals surface area contributed by atoms with Crippen LogP contribution in [0.4, 0.5) is 17.2 Å². The van der Waals surface area contributed by atoms with E-state index in [1.807, 2.05) is 6.20 Å². The molecule has 0 aliphatic heterocycles. The van der Waals surface area contributed by atoms with Gasteiger partial charge in [0.15, 0.2) is 0 Å². The van der Waals surface area contributed by atoms with Crippen LogP contribution in [0.1, 0.15) is 0 Å². The van der Waals surface area contributed by atoms with Gasteiger partial charge in [-0.05, 0) is 6.07 Å². The van der Waals surface area contributed by atoms with Gasteiger partial charge in [-0.3, -0.25) is 4.68 Å². The van der Waals surface area contributed by atoms with Crippen LogP contribution in [0.15, 0.2) is 30.7 Å². The first-order valence-corrected chi connectivity index (χ1v) is 5.28. The second-order valence-electron chi connectivity index (χ2n) is 3.58. The van der Waals surface area contributed by atoms with Gasteiger partial charge in [0.05, 0.1) is 25.0 Å². The van der Waals surface area contributed by atoms with Crippen LogP contribution in [0, 0.1) is 0 Å². The van der Waals surface area contributed by atoms with Gasteiger partial charge in [0, 0.05) is 31.3 Å². The Kier molecular flexibility index (Phi) is 3.56. The van der Waals surface area contributed by atoms with Gasteiger partial charge in [0.25, 0.3) is 0 Å². The van der Waals surface area contributed by atoms with E-state index in [4.69, 9.17) is 10.5 Å². The van der Waals surface area contributed by atoms with E-state index in [9.17, 15) is 0 Å². The Labute approximate surface area is 99.4 Å². The van der Waals surface area contributed by atoms with Crippen LogP contribution in [0.2, 0.25) is 0 Å². The highest BCUT2D eigenvalue weighted by molar-refractivity contribution is 5.58. The summed E-state index contributed by atoms with van der Waals surface area (Å²) in [4.78, 5) is 4.15. The summed E-state index contributed by atoms with van der Waals surface area (Å²) in [5, 5.41) is 7.31. The van der Waals surface area contributed by atoms with Crippen molar-refractivity contribution in [3.05, 3.63) is 30.7 Å². The van der Waals surface area contributed by atoms with Gasteiger partial charge in [0.1, 0.15) is 5.82 Å². The molecule has 2 heterocycles. The SMILES string of the molecule is COCCn1cc(Nc2cc(N)ccn2)cn1. The Morgan fingerprint density at radius 2 is 2.41 bits per heavy atom. The van der Waals surface area contributed by atoms with Crippen molar-refractivity contribution >= 4 is 17.2 Å². The van der Waals surface area contributed by atoms with Crippen LogP contribution in [0.3, 0.4) is 0 Å². The number of anilines is 3. The van der Waals surface area contributed by atoms with Gasteiger partial charge >= 0.3 is 0 Å². The summed E-state index contributed by atoms with van der Waals surface area (Å²) in [5.41, 5.74) is 7.22. The van der Waals surface area contributed by atoms with Crippen molar-refractivity contribution in [2.45, 2.75) is 6.54 Å². The molecule has 6 nitrogen and oxygen atoms in total. The molecular weight excluding hydrogens is 218 g/mol. The molecule has 2 aromatic rings. The molecule has 0 spiro atoms. The van der Waals surface area contributed by atoms with Crippen molar-refractivity contribution in [3.63, 3.8) is 0 Å². The molecule has 0 saturated carbocycles. The minimum atomic E-state index is 0.637. The third-order valence-electron chi connectivity index (χ3n) is 2.21. The molecule has 0 aromatic carbocycles. The minimum Gasteiger partial charge on any atom is -0.399 e. The molecule has 0 fully saturated rings. The van der Waals surface area contributed by atoms with E-state index in [1.54, 1.807) is 36.3 Å². The van der Waals surface area contributed by atoms with Gasteiger partial charge in [-0.25, -0.2) is 4.98 Å². The third kappa shape index (κ3) is 3.18. The van der Waals surface area contributed by atoms with Gasteiger partial charge in [0.2, 0.25) is 0 Å². The minimum absolute atomic E-state index is 0.637. The topological polar surface area (TPSA) is 78.0 Å². The van der Waals surface area contributed by atoms with Crippen molar-refractivity contribution < 1.29 is 4.74 Å². The van der Waals surface area contributed by atoms with Crippen LogP contribution >= 0.6 is 0 Å². The smallest absolute Gasteiger partial charge is 0.132 e. The van der Waals surface area contributed by atoms with Gasteiger partial charge in [-0.2, -0.15) is 5.10 Å². The molecule has 0 aliphatic rings. The number of nitrogens with one attached hydrogen (secondary N) is 1. The van der Waals surface area contributed by atoms with E-state index < -0.39 is 0 Å². The number of rotatable bonds is 5. The average Bonchev–Trinajstić information content (AvgIpc) is 2.74. The molecule has 0 atom stereocenters. The maximum absolute atomic E-state index is 5.67. The van der Waals surface area contributed by atoms with Crippen molar-refractivity contribution in [3.8, 4) is 0 Å². The number of nitrogens with two attached hydrogens (primary N) is 1. The summed E-state index contributed by atoms with van der Waals surface area (Å²) < 4.78 is 6.78. The molecule has 0 bridgehead atoms. The lowest BCUT2D eigenvalue weighted by Gasteiger charge is -2.02. The molecule has 90 valence electrons. The molecule has 0 saturated heterocycles. The van der Waals surface area contributed by atoms with E-state index in [1.165, 1.54) is 0 Å². The maximum atomic E-state index is 5.67. The largest absolute Gasteiger partial charge is 0.399 e. The van der Waals surface area contributed by atoms with E-state index in [2.05, 4.69) is 15.4 Å². The summed E-state index contributed by atoms with van der Waals surface area (Å²) in [6, 6.07) is 3.51. The lowest BCUT2D eigenvalue weighted by Crippen LogP contribution is -2.03. The molecular formula is C11H15N5O. The highest BCUT2D eigenvalue weighted by Crippen LogP contribution is 2.15. The Hall–Kier alpha value is -2.08. The number of hydrogen-bond acceptors (Lipinski definition) is 5. The quantitative estimate of drug-likeness (QED) is 0.812. The normalized spacial score (nSPS) is 10.4. The first-order valence-electron chi connectivity index (χ1n) is 5.28. The molecule has 0 radical (unpaired) electrons. The summed E-state index contributed by atoms with van der Waals surface area (Å²) in [5.74, 6) is 0.705. The van der Waals surface area contributed by atoms with Crippen molar-refractivity contribution in [1.82, 2.24) is 14.8 Å². The molecule has 2 rings (SSSR count). The van der Waals surface area contributed by atoms with E-state index in [-0.39, 0.29) is 0 Å². The van der Waals surface area contributed by atoms with Crippen molar-refractivity contribution in [2.24, 2.45) is 0 Å². The monoisotopic (exact) mass is 233 g/mol. The fourth-order valence-corrected chi connectivity index (χ4v) is 1.40. The van der Waals surface area contributed by atoms with E-state index in [0.29, 0.717) is 18.1 Å². The van der Waals surface area contributed by atoms with Crippen molar-refractivity contribution in [1.29, 1.82) is 0 Å². The fourth-order valence-electron chi connectivity index (χ4n) is 1.40. The van der Waals surface area contributed by atoms with Crippen LogP contribution in [0.25, 0.3) is 0 Å². The van der Waals surface area contributed by atoms with Crippen molar-refractivity contribution in [2.75, 3.05) is 24.8 Å². The number of aromatic nitrogens is 3. The van der Waals surface area contributed by atoms with Gasteiger partial charge in [-0.1, -0.05) is 0 Å². The number of methoxy groups -OCH3 is 1. The molecule has 0 unspecified atom stereocenters. The molecule has 6 heteroatoms. The molecule has 17 heavy (non-hydrogen) atoms. The van der Waals surface area contributed by atoms with E-state index >= 15 is 0 Å². The lowest BCUT2D eigenvalue weighted by atomic mass is 10.4. The summed E-state index contributed by atoms with van der Waals surface area (Å²) >= 11 is 0. The Morgan fingerprint density at radius 1 is 1.53 bits per heavy atom. The third-order valence-corrected chi connectivity index (χ3v) is 2.21. The number of nitrogen functional groups attached to an aromatic ring is 1. The Bertz CT molecular complexity index is 482. The number of nitrogens with zero attached hydrogens (tertiary/aromatic N) is 3. The second-order valence-corrected chi connectivity index (χ2v) is 3.58. The zero-order valence-corrected chi connectivity index (χ0v) is 9.63. The van der Waals surface area contributed by atoms with Crippen LogP contribution < -0.4 is 11.1 Å². The van der Waals surface area contributed by atoms with Crippen LogP contribution in [-0.4, -0.2) is 28.5 Å². The molecule has 3 N–H and O–H groups in total. The average molecular weight is 233 g/mol. The summed E-state index contributed by atoms with van der Waals surface area (Å²) in [6.07, 6.45) is 5.29. The Morgan fingerprint density at radius 3 is 3.18 bits per heavy atom. The summed E-state index contributed by atoms with van der Waals surface area (Å²) in [6.45, 7) is 1.36. The number of ether oxygens (including phenoxy) is 1. The first kappa shape index (κ1) is 11.4. The zero-order valence-electron chi connectivity index (χ0n) is 9.63. The van der Waals surface area contributed by atoms with Gasteiger partial charge < -0.3 is 15.8 Å². The highest BCUT2D eigenvalue weighted by atomic mass is 16.5. The number of hydrogen-bond donors (Lipinski definition) is 2. The predicted octanol–water partition coefficient (Wildman–Crippen LogP) is 1.25.